The van der Waals surface area contributed by atoms with E-state index < -0.39 is 0 Å². The Morgan fingerprint density at radius 1 is 0.295 bits per heavy atom. The maximum atomic E-state index is 11.5. The number of aromatic hydroxyl groups is 6. The SMILES string of the molecule is C.C.C.CC(C)(C)c1cc(C=NC2CCCCC2N=Cc2cccc(C(C)(C)C)c2O)c(O)c(CCCN2CCC[N+]3=C2CCCCC3)c1.CC(C)(C)c1ccc(O)c(C=NC2CCCCC2N=Cc2cc(C(C)(C)C)cc(CCCN3CCC[N+]4=C3CCCCC4)c2O)c1.Cc1cc(C(C)(C)C)cc(C=NC2CCCCC2N=Cc2cc(C(C)(C)C)cc(CCCN3CCC[N+]4=C3CCC4)c2O)c1O.[CH3-].[CH3-].[CH3-].[Co].[Co].[Co].[Y].[Y].[Y]. The van der Waals surface area contributed by atoms with Gasteiger partial charge in [-0.2, -0.15) is 0 Å². The molecule has 0 amide bonds. The van der Waals surface area contributed by atoms with Crippen molar-refractivity contribution in [2.24, 2.45) is 30.0 Å². The third-order valence-electron chi connectivity index (χ3n) is 30.6. The van der Waals surface area contributed by atoms with Gasteiger partial charge in [0.2, 0.25) is 17.5 Å². The van der Waals surface area contributed by atoms with E-state index in [1.165, 1.54) is 151 Å². The van der Waals surface area contributed by atoms with Crippen LogP contribution in [0.2, 0.25) is 0 Å². The molecule has 0 spiro atoms. The largest absolute Gasteiger partial charge is 0.507 e. The van der Waals surface area contributed by atoms with Crippen molar-refractivity contribution < 1.29 is 193 Å². The zero-order valence-electron chi connectivity index (χ0n) is 93.7. The average Bonchev–Trinajstić information content (AvgIpc) is 1.01. The zero-order valence-corrected chi connectivity index (χ0v) is 105. The van der Waals surface area contributed by atoms with E-state index in [9.17, 15) is 30.6 Å². The maximum absolute atomic E-state index is 11.5. The summed E-state index contributed by atoms with van der Waals surface area (Å²) in [5.74, 6) is 6.66. The molecule has 0 saturated heterocycles. The monoisotopic (exact) mass is 2410 g/mol. The van der Waals surface area contributed by atoms with Gasteiger partial charge in [0.15, 0.2) is 0 Å². The first-order valence-electron chi connectivity index (χ1n) is 53.5. The maximum Gasteiger partial charge on any atom is 0.246 e. The smallest absolute Gasteiger partial charge is 0.246 e. The Morgan fingerprint density at radius 3 is 0.886 bits per heavy atom. The van der Waals surface area contributed by atoms with Gasteiger partial charge in [-0.25, -0.2) is 0 Å². The first-order chi connectivity index (χ1) is 65.1. The summed E-state index contributed by atoms with van der Waals surface area (Å²) in [5.41, 5.74) is 15.4. The van der Waals surface area contributed by atoms with E-state index in [-0.39, 0.29) is 268 Å². The van der Waals surface area contributed by atoms with E-state index in [0.717, 1.165) is 216 Å². The van der Waals surface area contributed by atoms with Gasteiger partial charge in [-0.1, -0.05) is 228 Å². The van der Waals surface area contributed by atoms with Gasteiger partial charge in [0.05, 0.1) is 121 Å². The van der Waals surface area contributed by atoms with Crippen LogP contribution >= 0.6 is 0 Å². The first kappa shape index (κ1) is 142. The number of hydrogen-bond acceptors (Lipinski definition) is 15. The summed E-state index contributed by atoms with van der Waals surface area (Å²) in [4.78, 5) is 38.1. The van der Waals surface area contributed by atoms with Gasteiger partial charge < -0.3 is 52.9 Å². The van der Waals surface area contributed by atoms with Gasteiger partial charge in [0, 0.05) is 251 Å². The van der Waals surface area contributed by atoms with Crippen molar-refractivity contribution in [2.75, 3.05) is 78.5 Å². The van der Waals surface area contributed by atoms with Crippen molar-refractivity contribution in [3.05, 3.63) is 196 Å². The first-order valence-corrected chi connectivity index (χ1v) is 53.5. The van der Waals surface area contributed by atoms with Crippen molar-refractivity contribution in [3.63, 3.8) is 0 Å². The number of amidine groups is 3. The second-order valence-corrected chi connectivity index (χ2v) is 47.7. The Hall–Kier alpha value is -4.62. The van der Waals surface area contributed by atoms with E-state index in [4.69, 9.17) is 30.0 Å². The number of benzene rings is 6. The summed E-state index contributed by atoms with van der Waals surface area (Å²) in [6.07, 6.45) is 46.1. The minimum atomic E-state index is -0.142. The summed E-state index contributed by atoms with van der Waals surface area (Å²) in [6.45, 7) is 55.5. The third kappa shape index (κ3) is 40.1. The average molecular weight is 2410 g/mol. The van der Waals surface area contributed by atoms with Gasteiger partial charge in [0.25, 0.3) is 0 Å². The molecule has 3 fully saturated rings. The third-order valence-corrected chi connectivity index (χ3v) is 30.6. The number of aryl methyl sites for hydroxylation is 4. The van der Waals surface area contributed by atoms with E-state index in [1.54, 1.807) is 23.6 Å². The molecule has 149 heavy (non-hydrogen) atoms. The fraction of sp³-hybridized carbons (Fsp3) is 0.616. The summed E-state index contributed by atoms with van der Waals surface area (Å²) in [6, 6.07) is 29.2. The van der Waals surface area contributed by atoms with Gasteiger partial charge >= 0.3 is 0 Å². The van der Waals surface area contributed by atoms with Crippen LogP contribution in [0.3, 0.4) is 0 Å². The summed E-state index contributed by atoms with van der Waals surface area (Å²) >= 11 is 0. The van der Waals surface area contributed by atoms with Gasteiger partial charge in [0.1, 0.15) is 34.5 Å². The summed E-state index contributed by atoms with van der Waals surface area (Å²) < 4.78 is 7.85. The van der Waals surface area contributed by atoms with Gasteiger partial charge in [-0.15, -0.1) is 0 Å². The zero-order chi connectivity index (χ0) is 98.2. The van der Waals surface area contributed by atoms with Crippen LogP contribution in [0.15, 0.2) is 115 Å². The van der Waals surface area contributed by atoms with E-state index in [0.29, 0.717) is 28.7 Å². The molecule has 9 aliphatic rings. The number of para-hydroxylation sites is 1. The molecule has 6 aromatic carbocycles. The summed E-state index contributed by atoms with van der Waals surface area (Å²) in [5, 5.41) is 66.9. The van der Waals surface area contributed by atoms with Crippen molar-refractivity contribution in [2.45, 2.75) is 422 Å². The molecular formula is C125H196Co3N12O6Y3. The number of hydrogen-bond donors (Lipinski definition) is 6. The van der Waals surface area contributed by atoms with Crippen molar-refractivity contribution in [1.82, 2.24) is 14.7 Å². The Balaban J connectivity index is 0.00000107. The molecule has 24 heteroatoms. The topological polar surface area (TPSA) is 214 Å². The molecule has 0 aromatic heterocycles. The minimum absolute atomic E-state index is 0. The predicted octanol–water partition coefficient (Wildman–Crippen LogP) is 27.3. The fourth-order valence-electron chi connectivity index (χ4n) is 21.9. The number of phenols is 6. The minimum Gasteiger partial charge on any atom is -0.507 e. The molecule has 15 rings (SSSR count). The molecule has 6 heterocycles. The van der Waals surface area contributed by atoms with Gasteiger partial charge in [-0.05, 0) is 260 Å². The second kappa shape index (κ2) is 65.1. The van der Waals surface area contributed by atoms with Crippen LogP contribution in [-0.4, -0.2) is 229 Å². The van der Waals surface area contributed by atoms with Crippen molar-refractivity contribution in [1.29, 1.82) is 0 Å². The summed E-state index contributed by atoms with van der Waals surface area (Å²) in [7, 11) is 0. The number of rotatable bonds is 24. The molecule has 6 unspecified atom stereocenters. The Labute approximate surface area is 1010 Å². The molecule has 6 N–H and O–H groups in total. The fourth-order valence-corrected chi connectivity index (χ4v) is 21.9. The normalized spacial score (nSPS) is 19.8. The second-order valence-electron chi connectivity index (χ2n) is 47.7. The molecule has 828 valence electrons. The van der Waals surface area contributed by atoms with Crippen LogP contribution in [0.25, 0.3) is 0 Å². The van der Waals surface area contributed by atoms with Crippen LogP contribution in [0.4, 0.5) is 0 Å². The molecule has 3 saturated carbocycles. The van der Waals surface area contributed by atoms with E-state index in [1.807, 2.05) is 74.5 Å². The van der Waals surface area contributed by atoms with Crippen LogP contribution in [0, 0.1) is 29.2 Å². The molecule has 6 aliphatic heterocycles. The molecule has 6 aromatic rings. The molecular weight excluding hydrogens is 2210 g/mol. The molecule has 18 nitrogen and oxygen atoms in total. The van der Waals surface area contributed by atoms with Crippen molar-refractivity contribution >= 4 is 54.8 Å². The van der Waals surface area contributed by atoms with Gasteiger partial charge in [-0.3, -0.25) is 58.4 Å². The standard InChI is InChI=1S/2C40H58N4O2.C39H56N4O2.3CH4.3CH3.3Co.3Y/c1-39(2,3)32-25-29(16-13-22-44-24-14-23-43-21-11-7-8-20-36(43)44)37(45)31(26-32)28-42-35-19-10-9-18-34(35)41-27-30-15-12-17-33(38(30)46)40(4,5)6;1-39(2,3)32-18-19-36(45)30(25-32)27-41-34-15-9-10-16-35(34)42-28-31-26-33(40(4,5)6)24-29(38(31)46)14-12-21-44-23-13-22-43-20-11-7-8-17-37(43)44;1-27-21-31(38(2,3)4)23-29(36(27)44)25-40-33-14-8-9-15-34(33)41-26-30-24-32(39(5,6)7)22-28(37(30)45)13-10-17-42-19-12-20-43-18-11-16-35(42)43;;;;;;;;;;;;/h12,15,17,25-28,34-35H,7-11,13-14,16,18-24H2,1-6H3,(H-,41,42,45,46);18-19,24-28,34-35H,7-17,20-23H2,1-6H3,(H-,41,42,45,46);21-26,33-34H,8-20H2,1-7H3,(H-,40,41,44,45);3*1H4;3*1H3;;;;;;/q;;;;;;3*-1;;;;;;/p+3. The number of phenolic OH excluding ortho intramolecular Hbond substituents is 6. The molecule has 6 radical (unpaired) electrons. The van der Waals surface area contributed by atoms with Crippen LogP contribution in [-0.2, 0) is 200 Å². The molecule has 0 bridgehead atoms. The van der Waals surface area contributed by atoms with Crippen molar-refractivity contribution in [3.8, 4) is 34.5 Å². The van der Waals surface area contributed by atoms with E-state index >= 15 is 0 Å². The predicted molar refractivity (Wildman–Crippen MR) is 613 cm³/mol. The quantitative estimate of drug-likeness (QED) is 0.0193. The van der Waals surface area contributed by atoms with Crippen LogP contribution in [0.5, 0.6) is 34.5 Å². The van der Waals surface area contributed by atoms with Crippen LogP contribution < -0.4 is 0 Å². The molecule has 3 aliphatic carbocycles. The molecule has 6 atom stereocenters. The Morgan fingerprint density at radius 2 is 0.570 bits per heavy atom. The van der Waals surface area contributed by atoms with Crippen LogP contribution in [0.1, 0.15) is 416 Å². The Bertz CT molecular complexity index is 5270. The Kier molecular flexibility index (Phi) is 62.2. The number of aliphatic imine (C=N–C) groups is 6. The number of nitrogens with zero attached hydrogens (tertiary/aromatic N) is 12. The van der Waals surface area contributed by atoms with E-state index in [2.05, 4.69) is 202 Å².